The third-order valence-corrected chi connectivity index (χ3v) is 5.47. The van der Waals surface area contributed by atoms with Gasteiger partial charge in [0.2, 0.25) is 6.04 Å². The van der Waals surface area contributed by atoms with Gasteiger partial charge in [0, 0.05) is 9.85 Å². The van der Waals surface area contributed by atoms with Crippen LogP contribution in [0.4, 0.5) is 0 Å². The van der Waals surface area contributed by atoms with Crippen LogP contribution in [0.2, 0.25) is 0 Å². The molecule has 2 aliphatic heterocycles. The first-order valence-electron chi connectivity index (χ1n) is 7.75. The molecule has 1 saturated carbocycles. The average Bonchev–Trinajstić information content (AvgIpc) is 3.00. The molecule has 1 aromatic carbocycles. The Hall–Kier alpha value is -2.10. The van der Waals surface area contributed by atoms with Crippen LogP contribution in [0, 0.1) is 26.1 Å². The molecule has 2 saturated heterocycles. The zero-order chi connectivity index (χ0) is 17.1. The minimum Gasteiger partial charge on any atom is -0.378 e. The third kappa shape index (κ3) is 1.98. The van der Waals surface area contributed by atoms with E-state index in [4.69, 9.17) is 9.47 Å². The van der Waals surface area contributed by atoms with Crippen molar-refractivity contribution >= 4 is 0 Å². The monoisotopic (exact) mass is 336 g/mol. The first-order chi connectivity index (χ1) is 11.4. The number of fused-ring (bicyclic) bond motifs is 6. The molecule has 9 nitrogen and oxygen atoms in total. The Morgan fingerprint density at radius 2 is 1.88 bits per heavy atom. The number of nitro groups is 2. The summed E-state index contributed by atoms with van der Waals surface area (Å²) in [5.74, 6) is -1.68. The standard InChI is InChI=1S/C15H16N2O7/c18-15-6-9(10-7-23-14(15)24-10)12(16(19)20)11(13(15)17(21)22)8-4-2-1-3-5-8/h1-5,9-14,18H,6-7H2/t9-,10+,11?,12?,13?,14+,15+/m0/s1. The molecule has 3 unspecified atom stereocenters. The summed E-state index contributed by atoms with van der Waals surface area (Å²) in [5, 5.41) is 34.6. The smallest absolute Gasteiger partial charge is 0.259 e. The Bertz CT molecular complexity index is 684. The van der Waals surface area contributed by atoms with Crippen molar-refractivity contribution in [3.63, 3.8) is 0 Å². The van der Waals surface area contributed by atoms with Gasteiger partial charge in [-0.15, -0.1) is 0 Å². The lowest BCUT2D eigenvalue weighted by Crippen LogP contribution is -2.69. The second kappa shape index (κ2) is 5.20. The lowest BCUT2D eigenvalue weighted by atomic mass is 9.61. The summed E-state index contributed by atoms with van der Waals surface area (Å²) in [6, 6.07) is 5.57. The van der Waals surface area contributed by atoms with Crippen LogP contribution in [0.3, 0.4) is 0 Å². The quantitative estimate of drug-likeness (QED) is 0.631. The molecule has 0 aromatic heterocycles. The first-order valence-corrected chi connectivity index (χ1v) is 7.75. The normalized spacial score (nSPS) is 43.4. The number of ether oxygens (including phenoxy) is 2. The summed E-state index contributed by atoms with van der Waals surface area (Å²) >= 11 is 0. The lowest BCUT2D eigenvalue weighted by molar-refractivity contribution is -0.607. The van der Waals surface area contributed by atoms with E-state index in [0.29, 0.717) is 5.56 Å². The van der Waals surface area contributed by atoms with Gasteiger partial charge in [-0.1, -0.05) is 30.3 Å². The van der Waals surface area contributed by atoms with Gasteiger partial charge in [-0.05, 0) is 12.0 Å². The van der Waals surface area contributed by atoms with Gasteiger partial charge in [-0.2, -0.15) is 0 Å². The molecule has 9 heteroatoms. The summed E-state index contributed by atoms with van der Waals surface area (Å²) in [7, 11) is 0. The molecule has 4 rings (SSSR count). The van der Waals surface area contributed by atoms with Gasteiger partial charge in [0.1, 0.15) is 5.92 Å². The van der Waals surface area contributed by atoms with E-state index in [2.05, 4.69) is 0 Å². The molecular weight excluding hydrogens is 320 g/mol. The molecule has 7 atom stereocenters. The number of rotatable bonds is 3. The number of aliphatic hydroxyl groups is 1. The summed E-state index contributed by atoms with van der Waals surface area (Å²) in [6.45, 7) is 0.105. The minimum absolute atomic E-state index is 0.0665. The van der Waals surface area contributed by atoms with E-state index in [9.17, 15) is 25.3 Å². The highest BCUT2D eigenvalue weighted by Crippen LogP contribution is 2.53. The Morgan fingerprint density at radius 3 is 2.50 bits per heavy atom. The first kappa shape index (κ1) is 15.4. The van der Waals surface area contributed by atoms with E-state index in [1.165, 1.54) is 0 Å². The van der Waals surface area contributed by atoms with Crippen molar-refractivity contribution in [1.29, 1.82) is 0 Å². The molecule has 1 aromatic rings. The van der Waals surface area contributed by atoms with Crippen molar-refractivity contribution in [2.75, 3.05) is 6.61 Å². The fourth-order valence-corrected chi connectivity index (χ4v) is 4.53. The largest absolute Gasteiger partial charge is 0.378 e. The predicted octanol–water partition coefficient (Wildman–Crippen LogP) is 0.567. The molecule has 0 radical (unpaired) electrons. The molecule has 0 spiro atoms. The average molecular weight is 336 g/mol. The van der Waals surface area contributed by atoms with Crippen LogP contribution in [0.15, 0.2) is 30.3 Å². The second-order valence-corrected chi connectivity index (χ2v) is 6.64. The SMILES string of the molecule is O=[N+]([O-])C1C(c2ccccc2)C([N+](=O)[O-])[C@]2(O)C[C@H]1[C@H]1CO[C@@H]2O1. The van der Waals surface area contributed by atoms with Crippen LogP contribution in [0.5, 0.6) is 0 Å². The van der Waals surface area contributed by atoms with Crippen molar-refractivity contribution < 1.29 is 24.4 Å². The molecule has 1 aliphatic carbocycles. The number of hydrogen-bond donors (Lipinski definition) is 1. The van der Waals surface area contributed by atoms with Crippen molar-refractivity contribution in [3.8, 4) is 0 Å². The van der Waals surface area contributed by atoms with Crippen LogP contribution < -0.4 is 0 Å². The van der Waals surface area contributed by atoms with E-state index >= 15 is 0 Å². The van der Waals surface area contributed by atoms with Crippen molar-refractivity contribution in [2.24, 2.45) is 5.92 Å². The molecular formula is C15H16N2O7. The molecule has 1 N–H and O–H groups in total. The summed E-state index contributed by atoms with van der Waals surface area (Å²) in [4.78, 5) is 22.5. The van der Waals surface area contributed by atoms with Crippen molar-refractivity contribution in [2.45, 2.75) is 42.4 Å². The molecule has 3 aliphatic rings. The Kier molecular flexibility index (Phi) is 3.34. The maximum Gasteiger partial charge on any atom is 0.259 e. The predicted molar refractivity (Wildman–Crippen MR) is 78.4 cm³/mol. The molecule has 128 valence electrons. The van der Waals surface area contributed by atoms with Gasteiger partial charge >= 0.3 is 0 Å². The highest BCUT2D eigenvalue weighted by atomic mass is 16.7. The van der Waals surface area contributed by atoms with Crippen LogP contribution >= 0.6 is 0 Å². The number of benzene rings is 1. The van der Waals surface area contributed by atoms with Gasteiger partial charge in [-0.3, -0.25) is 20.2 Å². The van der Waals surface area contributed by atoms with E-state index < -0.39 is 51.8 Å². The second-order valence-electron chi connectivity index (χ2n) is 6.64. The van der Waals surface area contributed by atoms with Gasteiger partial charge in [0.15, 0.2) is 11.9 Å². The van der Waals surface area contributed by atoms with Gasteiger partial charge < -0.3 is 14.6 Å². The van der Waals surface area contributed by atoms with E-state index in [-0.39, 0.29) is 13.0 Å². The Morgan fingerprint density at radius 1 is 1.17 bits per heavy atom. The minimum atomic E-state index is -1.88. The van der Waals surface area contributed by atoms with E-state index in [1.54, 1.807) is 30.3 Å². The van der Waals surface area contributed by atoms with Crippen molar-refractivity contribution in [3.05, 3.63) is 56.1 Å². The maximum absolute atomic E-state index is 11.8. The van der Waals surface area contributed by atoms with Gasteiger partial charge in [0.25, 0.3) is 6.04 Å². The van der Waals surface area contributed by atoms with Crippen molar-refractivity contribution in [1.82, 2.24) is 0 Å². The van der Waals surface area contributed by atoms with Crippen LogP contribution in [-0.2, 0) is 9.47 Å². The highest BCUT2D eigenvalue weighted by molar-refractivity contribution is 5.27. The van der Waals surface area contributed by atoms with Crippen LogP contribution in [0.1, 0.15) is 17.9 Å². The summed E-state index contributed by atoms with van der Waals surface area (Å²) in [6.07, 6.45) is -1.71. The summed E-state index contributed by atoms with van der Waals surface area (Å²) < 4.78 is 10.9. The molecule has 24 heavy (non-hydrogen) atoms. The third-order valence-electron chi connectivity index (χ3n) is 5.47. The number of nitrogens with zero attached hydrogens (tertiary/aromatic N) is 2. The van der Waals surface area contributed by atoms with Gasteiger partial charge in [0.05, 0.1) is 18.6 Å². The molecule has 3 fully saturated rings. The Labute approximate surface area is 136 Å². The van der Waals surface area contributed by atoms with Crippen LogP contribution in [0.25, 0.3) is 0 Å². The fourth-order valence-electron chi connectivity index (χ4n) is 4.53. The number of hydrogen-bond acceptors (Lipinski definition) is 7. The lowest BCUT2D eigenvalue weighted by Gasteiger charge is -2.48. The molecule has 4 bridgehead atoms. The van der Waals surface area contributed by atoms with E-state index in [0.717, 1.165) is 0 Å². The van der Waals surface area contributed by atoms with Crippen LogP contribution in [-0.4, -0.2) is 51.6 Å². The zero-order valence-electron chi connectivity index (χ0n) is 12.6. The highest BCUT2D eigenvalue weighted by Gasteiger charge is 2.73. The molecule has 2 heterocycles. The van der Waals surface area contributed by atoms with Gasteiger partial charge in [-0.25, -0.2) is 0 Å². The molecule has 0 amide bonds. The van der Waals surface area contributed by atoms with E-state index in [1.807, 2.05) is 0 Å². The topological polar surface area (TPSA) is 125 Å². The Balaban J connectivity index is 1.90. The zero-order valence-corrected chi connectivity index (χ0v) is 12.6. The maximum atomic E-state index is 11.8. The fraction of sp³-hybridized carbons (Fsp3) is 0.600. The summed E-state index contributed by atoms with van der Waals surface area (Å²) in [5.41, 5.74) is -1.40.